The second-order valence-electron chi connectivity index (χ2n) is 6.99. The third kappa shape index (κ3) is 7.61. The van der Waals surface area contributed by atoms with E-state index >= 15 is 0 Å². The lowest BCUT2D eigenvalue weighted by molar-refractivity contribution is 0.0376. The predicted octanol–water partition coefficient (Wildman–Crippen LogP) is 2.79. The summed E-state index contributed by atoms with van der Waals surface area (Å²) in [4.78, 5) is 11.3. The molecule has 2 N–H and O–H groups in total. The number of hydrogen-bond donors (Lipinski definition) is 2. The van der Waals surface area contributed by atoms with Gasteiger partial charge in [0.05, 0.1) is 19.8 Å². The molecular weight excluding hydrogens is 385 g/mol. The summed E-state index contributed by atoms with van der Waals surface area (Å²) in [5.74, 6) is 1.29. The molecule has 0 aliphatic carbocycles. The van der Waals surface area contributed by atoms with Crippen molar-refractivity contribution in [2.45, 2.75) is 19.9 Å². The zero-order chi connectivity index (χ0) is 21.0. The van der Waals surface area contributed by atoms with Crippen LogP contribution in [0, 0.1) is 5.82 Å². The van der Waals surface area contributed by atoms with Crippen LogP contribution in [0.1, 0.15) is 18.9 Å². The van der Waals surface area contributed by atoms with Gasteiger partial charge in [0.2, 0.25) is 5.88 Å². The SMILES string of the molecule is CCNC(=NCc1ccc(Oc2cccc(F)c2)nc1)NCCCN1CCOCC1. The Morgan fingerprint density at radius 1 is 1.23 bits per heavy atom. The van der Waals surface area contributed by atoms with Gasteiger partial charge in [0.25, 0.3) is 0 Å². The van der Waals surface area contributed by atoms with Crippen molar-refractivity contribution in [2.75, 3.05) is 45.9 Å². The van der Waals surface area contributed by atoms with E-state index in [2.05, 4.69) is 25.5 Å². The van der Waals surface area contributed by atoms with Crippen molar-refractivity contribution in [2.24, 2.45) is 4.99 Å². The van der Waals surface area contributed by atoms with Gasteiger partial charge in [0.1, 0.15) is 11.6 Å². The van der Waals surface area contributed by atoms with Gasteiger partial charge in [-0.1, -0.05) is 12.1 Å². The number of nitrogens with one attached hydrogen (secondary N) is 2. The zero-order valence-corrected chi connectivity index (χ0v) is 17.4. The van der Waals surface area contributed by atoms with Crippen LogP contribution in [0.2, 0.25) is 0 Å². The van der Waals surface area contributed by atoms with Crippen LogP contribution in [0.5, 0.6) is 11.6 Å². The van der Waals surface area contributed by atoms with Crippen LogP contribution < -0.4 is 15.4 Å². The third-order valence-electron chi connectivity index (χ3n) is 4.63. The fourth-order valence-corrected chi connectivity index (χ4v) is 3.06. The normalized spacial score (nSPS) is 15.1. The van der Waals surface area contributed by atoms with Crippen molar-refractivity contribution in [1.82, 2.24) is 20.5 Å². The molecule has 1 fully saturated rings. The molecule has 8 heteroatoms. The van der Waals surface area contributed by atoms with E-state index in [1.807, 2.05) is 13.0 Å². The highest BCUT2D eigenvalue weighted by Gasteiger charge is 2.09. The molecule has 1 aliphatic rings. The first-order valence-electron chi connectivity index (χ1n) is 10.4. The number of rotatable bonds is 9. The van der Waals surface area contributed by atoms with Gasteiger partial charge in [-0.25, -0.2) is 14.4 Å². The van der Waals surface area contributed by atoms with Gasteiger partial charge in [0, 0.05) is 44.5 Å². The van der Waals surface area contributed by atoms with Gasteiger partial charge >= 0.3 is 0 Å². The summed E-state index contributed by atoms with van der Waals surface area (Å²) in [6.45, 7) is 8.97. The summed E-state index contributed by atoms with van der Waals surface area (Å²) in [5.41, 5.74) is 0.965. The highest BCUT2D eigenvalue weighted by atomic mass is 19.1. The summed E-state index contributed by atoms with van der Waals surface area (Å²) < 4.78 is 24.2. The van der Waals surface area contributed by atoms with Gasteiger partial charge in [-0.05, 0) is 37.6 Å². The van der Waals surface area contributed by atoms with E-state index in [4.69, 9.17) is 9.47 Å². The second-order valence-corrected chi connectivity index (χ2v) is 6.99. The molecule has 1 aromatic heterocycles. The van der Waals surface area contributed by atoms with Crippen LogP contribution in [0.25, 0.3) is 0 Å². The minimum Gasteiger partial charge on any atom is -0.439 e. The van der Waals surface area contributed by atoms with Gasteiger partial charge in [-0.2, -0.15) is 0 Å². The summed E-state index contributed by atoms with van der Waals surface area (Å²) >= 11 is 0. The number of halogens is 1. The Balaban J connectivity index is 1.45. The molecule has 7 nitrogen and oxygen atoms in total. The van der Waals surface area contributed by atoms with Crippen molar-refractivity contribution >= 4 is 5.96 Å². The Morgan fingerprint density at radius 2 is 2.10 bits per heavy atom. The summed E-state index contributed by atoms with van der Waals surface area (Å²) in [5, 5.41) is 6.65. The lowest BCUT2D eigenvalue weighted by atomic mass is 10.3. The van der Waals surface area contributed by atoms with Crippen LogP contribution in [0.3, 0.4) is 0 Å². The van der Waals surface area contributed by atoms with Crippen molar-refractivity contribution in [1.29, 1.82) is 0 Å². The van der Waals surface area contributed by atoms with Crippen LogP contribution in [-0.4, -0.2) is 61.8 Å². The van der Waals surface area contributed by atoms with Crippen LogP contribution in [-0.2, 0) is 11.3 Å². The number of pyridine rings is 1. The Kier molecular flexibility index (Phi) is 8.86. The van der Waals surface area contributed by atoms with Crippen LogP contribution >= 0.6 is 0 Å². The molecule has 0 amide bonds. The number of guanidine groups is 1. The standard InChI is InChI=1S/C22H30FN5O2/c1-2-24-22(25-9-4-10-28-11-13-29-14-12-28)27-17-18-7-8-21(26-16-18)30-20-6-3-5-19(23)15-20/h3,5-8,15-16H,2,4,9-14,17H2,1H3,(H2,24,25,27). The number of aromatic nitrogens is 1. The maximum absolute atomic E-state index is 13.2. The predicted molar refractivity (Wildman–Crippen MR) is 115 cm³/mol. The number of ether oxygens (including phenoxy) is 2. The smallest absolute Gasteiger partial charge is 0.219 e. The minimum absolute atomic E-state index is 0.341. The lowest BCUT2D eigenvalue weighted by Gasteiger charge is -2.26. The largest absolute Gasteiger partial charge is 0.439 e. The van der Waals surface area contributed by atoms with Gasteiger partial charge < -0.3 is 20.1 Å². The maximum atomic E-state index is 13.2. The lowest BCUT2D eigenvalue weighted by Crippen LogP contribution is -2.40. The molecule has 0 spiro atoms. The van der Waals surface area contributed by atoms with Crippen LogP contribution in [0.15, 0.2) is 47.6 Å². The number of hydrogen-bond acceptors (Lipinski definition) is 5. The highest BCUT2D eigenvalue weighted by Crippen LogP contribution is 2.20. The first-order chi connectivity index (χ1) is 14.7. The molecule has 0 saturated carbocycles. The number of nitrogens with zero attached hydrogens (tertiary/aromatic N) is 3. The van der Waals surface area contributed by atoms with E-state index < -0.39 is 0 Å². The Labute approximate surface area is 177 Å². The number of benzene rings is 1. The topological polar surface area (TPSA) is 71.0 Å². The monoisotopic (exact) mass is 415 g/mol. The summed E-state index contributed by atoms with van der Waals surface area (Å²) in [6.07, 6.45) is 2.78. The maximum Gasteiger partial charge on any atom is 0.219 e. The average Bonchev–Trinajstić information content (AvgIpc) is 2.77. The van der Waals surface area contributed by atoms with Gasteiger partial charge in [-0.3, -0.25) is 4.90 Å². The molecule has 1 aromatic carbocycles. The van der Waals surface area contributed by atoms with Crippen molar-refractivity contribution in [3.63, 3.8) is 0 Å². The number of aliphatic imine (C=N–C) groups is 1. The first-order valence-corrected chi connectivity index (χ1v) is 10.4. The molecule has 30 heavy (non-hydrogen) atoms. The molecule has 2 heterocycles. The van der Waals surface area contributed by atoms with E-state index in [0.29, 0.717) is 18.2 Å². The van der Waals surface area contributed by atoms with Crippen LogP contribution in [0.4, 0.5) is 4.39 Å². The van der Waals surface area contributed by atoms with E-state index in [9.17, 15) is 4.39 Å². The fraction of sp³-hybridized carbons (Fsp3) is 0.455. The molecule has 2 aromatic rings. The summed E-state index contributed by atoms with van der Waals surface area (Å²) in [7, 11) is 0. The molecule has 0 unspecified atom stereocenters. The Hall–Kier alpha value is -2.71. The molecular formula is C22H30FN5O2. The quantitative estimate of drug-likeness (QED) is 0.373. The second kappa shape index (κ2) is 12.1. The van der Waals surface area contributed by atoms with Crippen molar-refractivity contribution < 1.29 is 13.9 Å². The Morgan fingerprint density at radius 3 is 2.83 bits per heavy atom. The molecule has 0 radical (unpaired) electrons. The van der Waals surface area contributed by atoms with Gasteiger partial charge in [0.15, 0.2) is 5.96 Å². The van der Waals surface area contributed by atoms with E-state index in [0.717, 1.165) is 63.9 Å². The molecule has 1 saturated heterocycles. The summed E-state index contributed by atoms with van der Waals surface area (Å²) in [6, 6.07) is 9.67. The zero-order valence-electron chi connectivity index (χ0n) is 17.4. The van der Waals surface area contributed by atoms with E-state index in [1.54, 1.807) is 24.4 Å². The first kappa shape index (κ1) is 22.0. The molecule has 0 atom stereocenters. The molecule has 0 bridgehead atoms. The molecule has 1 aliphatic heterocycles. The third-order valence-corrected chi connectivity index (χ3v) is 4.63. The minimum atomic E-state index is -0.341. The van der Waals surface area contributed by atoms with E-state index in [-0.39, 0.29) is 5.82 Å². The fourth-order valence-electron chi connectivity index (χ4n) is 3.06. The van der Waals surface area contributed by atoms with Crippen molar-refractivity contribution in [3.8, 4) is 11.6 Å². The van der Waals surface area contributed by atoms with E-state index in [1.165, 1.54) is 12.1 Å². The number of morpholine rings is 1. The molecule has 162 valence electrons. The average molecular weight is 416 g/mol. The van der Waals surface area contributed by atoms with Gasteiger partial charge in [-0.15, -0.1) is 0 Å². The Bertz CT molecular complexity index is 794. The highest BCUT2D eigenvalue weighted by molar-refractivity contribution is 5.79. The molecule has 3 rings (SSSR count). The van der Waals surface area contributed by atoms with Crippen molar-refractivity contribution in [3.05, 3.63) is 54.0 Å².